The van der Waals surface area contributed by atoms with Gasteiger partial charge in [0.25, 0.3) is 0 Å². The van der Waals surface area contributed by atoms with Crippen LogP contribution in [0, 0.1) is 5.92 Å². The fourth-order valence-electron chi connectivity index (χ4n) is 2.74. The van der Waals surface area contributed by atoms with E-state index in [1.807, 2.05) is 26.0 Å². The van der Waals surface area contributed by atoms with E-state index in [-0.39, 0.29) is 18.6 Å². The van der Waals surface area contributed by atoms with E-state index in [4.69, 9.17) is 21.1 Å². The van der Waals surface area contributed by atoms with Gasteiger partial charge in [-0.3, -0.25) is 0 Å². The summed E-state index contributed by atoms with van der Waals surface area (Å²) in [5.74, 6) is 0.840. The van der Waals surface area contributed by atoms with Crippen LogP contribution in [0.3, 0.4) is 0 Å². The topological polar surface area (TPSA) is 60.5 Å². The molecule has 0 fully saturated rings. The number of aromatic nitrogens is 1. The number of halogens is 2. The van der Waals surface area contributed by atoms with Crippen molar-refractivity contribution in [1.29, 1.82) is 0 Å². The van der Waals surface area contributed by atoms with Gasteiger partial charge in [-0.1, -0.05) is 43.6 Å². The van der Waals surface area contributed by atoms with E-state index < -0.39 is 6.09 Å². The third kappa shape index (κ3) is 6.32. The number of carbonyl (C=O) groups is 1. The van der Waals surface area contributed by atoms with E-state index in [1.165, 1.54) is 15.6 Å². The summed E-state index contributed by atoms with van der Waals surface area (Å²) in [6.07, 6.45) is 1.74. The van der Waals surface area contributed by atoms with Crippen LogP contribution in [-0.2, 0) is 11.2 Å². The SMILES string of the molecule is CC(C)COC(=O)N[C@H](COc1cnc(Cl)c(Br)c1)Cc1csc2ccccc12. The van der Waals surface area contributed by atoms with Gasteiger partial charge >= 0.3 is 6.09 Å². The van der Waals surface area contributed by atoms with Gasteiger partial charge in [0.15, 0.2) is 0 Å². The van der Waals surface area contributed by atoms with Gasteiger partial charge in [-0.15, -0.1) is 11.3 Å². The summed E-state index contributed by atoms with van der Waals surface area (Å²) in [7, 11) is 0. The molecule has 3 rings (SSSR count). The van der Waals surface area contributed by atoms with E-state index in [2.05, 4.69) is 43.7 Å². The first-order valence-corrected chi connectivity index (χ1v) is 11.3. The molecular formula is C21H22BrClN2O3S. The van der Waals surface area contributed by atoms with Crippen molar-refractivity contribution in [3.63, 3.8) is 0 Å². The van der Waals surface area contributed by atoms with Gasteiger partial charge in [0.2, 0.25) is 0 Å². The standard InChI is InChI=1S/C21H22BrClN2O3S/c1-13(2)10-28-21(26)25-15(11-27-16-8-18(22)20(23)24-9-16)7-14-12-29-19-6-4-3-5-17(14)19/h3-6,8-9,12-13,15H,7,10-11H2,1-2H3,(H,25,26)/t15-/m0/s1. The van der Waals surface area contributed by atoms with Crippen LogP contribution >= 0.6 is 38.9 Å². The molecule has 0 aliphatic rings. The average Bonchev–Trinajstić information content (AvgIpc) is 3.10. The average molecular weight is 498 g/mol. The Hall–Kier alpha value is -1.83. The Kier molecular flexibility index (Phi) is 7.75. The van der Waals surface area contributed by atoms with Crippen molar-refractivity contribution in [3.8, 4) is 5.75 Å². The maximum absolute atomic E-state index is 12.2. The molecule has 3 aromatic rings. The van der Waals surface area contributed by atoms with Gasteiger partial charge in [-0.2, -0.15) is 0 Å². The molecule has 0 unspecified atom stereocenters. The number of hydrogen-bond acceptors (Lipinski definition) is 5. The van der Waals surface area contributed by atoms with Crippen LogP contribution in [-0.4, -0.2) is 30.3 Å². The molecule has 0 saturated carbocycles. The van der Waals surface area contributed by atoms with E-state index in [9.17, 15) is 4.79 Å². The molecule has 1 aromatic carbocycles. The van der Waals surface area contributed by atoms with Gasteiger partial charge < -0.3 is 14.8 Å². The molecule has 1 N–H and O–H groups in total. The fraction of sp³-hybridized carbons (Fsp3) is 0.333. The summed E-state index contributed by atoms with van der Waals surface area (Å²) >= 11 is 11.0. The highest BCUT2D eigenvalue weighted by Gasteiger charge is 2.18. The maximum atomic E-state index is 12.2. The molecule has 5 nitrogen and oxygen atoms in total. The van der Waals surface area contributed by atoms with Crippen LogP contribution in [0.15, 0.2) is 46.4 Å². The number of thiophene rings is 1. The minimum atomic E-state index is -0.442. The zero-order valence-electron chi connectivity index (χ0n) is 16.2. The number of nitrogens with zero attached hydrogens (tertiary/aromatic N) is 1. The first kappa shape index (κ1) is 21.9. The molecule has 154 valence electrons. The van der Waals surface area contributed by atoms with Crippen molar-refractivity contribution in [2.45, 2.75) is 26.3 Å². The molecule has 0 radical (unpaired) electrons. The Bertz CT molecular complexity index is 979. The largest absolute Gasteiger partial charge is 0.490 e. The van der Waals surface area contributed by atoms with Crippen molar-refractivity contribution >= 4 is 55.0 Å². The van der Waals surface area contributed by atoms with Crippen molar-refractivity contribution < 1.29 is 14.3 Å². The molecule has 1 atom stereocenters. The maximum Gasteiger partial charge on any atom is 0.407 e. The predicted molar refractivity (Wildman–Crippen MR) is 121 cm³/mol. The molecular weight excluding hydrogens is 476 g/mol. The van der Waals surface area contributed by atoms with E-state index in [0.717, 1.165) is 0 Å². The molecule has 8 heteroatoms. The summed E-state index contributed by atoms with van der Waals surface area (Å²) in [5, 5.41) is 6.62. The molecule has 2 aromatic heterocycles. The van der Waals surface area contributed by atoms with Gasteiger partial charge in [-0.25, -0.2) is 9.78 Å². The van der Waals surface area contributed by atoms with Gasteiger partial charge in [-0.05, 0) is 56.7 Å². The number of alkyl carbamates (subject to hydrolysis) is 1. The Morgan fingerprint density at radius 1 is 1.31 bits per heavy atom. The van der Waals surface area contributed by atoms with Crippen LogP contribution in [0.5, 0.6) is 5.75 Å². The molecule has 0 spiro atoms. The third-order valence-corrected chi connectivity index (χ3v) is 6.27. The first-order valence-electron chi connectivity index (χ1n) is 9.24. The number of carbonyl (C=O) groups excluding carboxylic acids is 1. The lowest BCUT2D eigenvalue weighted by Gasteiger charge is -2.19. The highest BCUT2D eigenvalue weighted by molar-refractivity contribution is 9.10. The number of benzene rings is 1. The Balaban J connectivity index is 1.71. The van der Waals surface area contributed by atoms with E-state index in [1.54, 1.807) is 23.6 Å². The lowest BCUT2D eigenvalue weighted by molar-refractivity contribution is 0.125. The molecule has 0 bridgehead atoms. The Labute approximate surface area is 187 Å². The van der Waals surface area contributed by atoms with Crippen molar-refractivity contribution in [1.82, 2.24) is 10.3 Å². The number of nitrogens with one attached hydrogen (secondary N) is 1. The molecule has 0 saturated heterocycles. The van der Waals surface area contributed by atoms with Gasteiger partial charge in [0.05, 0.1) is 23.3 Å². The predicted octanol–water partition coefficient (Wildman–Crippen LogP) is 6.08. The fourth-order valence-corrected chi connectivity index (χ4v) is 4.15. The summed E-state index contributed by atoms with van der Waals surface area (Å²) in [4.78, 5) is 16.3. The minimum absolute atomic E-state index is 0.262. The number of fused-ring (bicyclic) bond motifs is 1. The van der Waals surface area contributed by atoms with Crippen molar-refractivity contribution in [3.05, 3.63) is 57.1 Å². The second kappa shape index (κ2) is 10.3. The summed E-state index contributed by atoms with van der Waals surface area (Å²) in [6.45, 7) is 4.64. The number of pyridine rings is 1. The monoisotopic (exact) mass is 496 g/mol. The lowest BCUT2D eigenvalue weighted by Crippen LogP contribution is -2.41. The van der Waals surface area contributed by atoms with Crippen LogP contribution < -0.4 is 10.1 Å². The Morgan fingerprint density at radius 2 is 2.10 bits per heavy atom. The minimum Gasteiger partial charge on any atom is -0.490 e. The van der Waals surface area contributed by atoms with Crippen LogP contribution in [0.25, 0.3) is 10.1 Å². The normalized spacial score (nSPS) is 12.2. The molecule has 0 aliphatic heterocycles. The molecule has 29 heavy (non-hydrogen) atoms. The van der Waals surface area contributed by atoms with Crippen molar-refractivity contribution in [2.24, 2.45) is 5.92 Å². The molecule has 0 aliphatic carbocycles. The summed E-state index contributed by atoms with van der Waals surface area (Å²) < 4.78 is 13.0. The van der Waals surface area contributed by atoms with Crippen LogP contribution in [0.2, 0.25) is 5.15 Å². The smallest absolute Gasteiger partial charge is 0.407 e. The lowest BCUT2D eigenvalue weighted by atomic mass is 10.1. The van der Waals surface area contributed by atoms with E-state index in [0.29, 0.717) is 28.4 Å². The zero-order valence-corrected chi connectivity index (χ0v) is 19.3. The quantitative estimate of drug-likeness (QED) is 0.383. The third-order valence-electron chi connectivity index (χ3n) is 4.12. The highest BCUT2D eigenvalue weighted by Crippen LogP contribution is 2.27. The second-order valence-electron chi connectivity index (χ2n) is 7.05. The Morgan fingerprint density at radius 3 is 2.86 bits per heavy atom. The number of ether oxygens (including phenoxy) is 2. The number of amides is 1. The van der Waals surface area contributed by atoms with Crippen molar-refractivity contribution in [2.75, 3.05) is 13.2 Å². The van der Waals surface area contributed by atoms with Gasteiger partial charge in [0, 0.05) is 4.70 Å². The first-order chi connectivity index (χ1) is 13.9. The van der Waals surface area contributed by atoms with Gasteiger partial charge in [0.1, 0.15) is 17.5 Å². The number of hydrogen-bond donors (Lipinski definition) is 1. The highest BCUT2D eigenvalue weighted by atomic mass is 79.9. The zero-order chi connectivity index (χ0) is 20.8. The summed E-state index contributed by atoms with van der Waals surface area (Å²) in [5.41, 5.74) is 1.17. The second-order valence-corrected chi connectivity index (χ2v) is 9.17. The summed E-state index contributed by atoms with van der Waals surface area (Å²) in [6, 6.07) is 9.72. The van der Waals surface area contributed by atoms with Crippen LogP contribution in [0.1, 0.15) is 19.4 Å². The van der Waals surface area contributed by atoms with E-state index >= 15 is 0 Å². The number of rotatable bonds is 8. The molecule has 1 amide bonds. The molecule has 2 heterocycles. The van der Waals surface area contributed by atoms with Crippen LogP contribution in [0.4, 0.5) is 4.79 Å².